The summed E-state index contributed by atoms with van der Waals surface area (Å²) in [7, 11) is -4.07. The fraction of sp³-hybridized carbons (Fsp3) is 0.533. The maximum absolute atomic E-state index is 14.3. The van der Waals surface area contributed by atoms with Crippen molar-refractivity contribution in [2.24, 2.45) is 11.8 Å². The molecule has 1 saturated heterocycles. The number of carboxylic acid groups (broad SMARTS) is 1. The first-order valence-corrected chi connectivity index (χ1v) is 16.7. The lowest BCUT2D eigenvalue weighted by molar-refractivity contribution is -0.154. The smallest absolute Gasteiger partial charge is 0.309 e. The third-order valence-electron chi connectivity index (χ3n) is 7.58. The number of benzene rings is 2. The van der Waals surface area contributed by atoms with Crippen LogP contribution >= 0.6 is 23.4 Å². The molecule has 0 amide bonds. The standard InChI is InChI=1S/C30H38ClNO6S2/c1-30(2,3)38-25(33)17-18-39-28-24(19-20-9-7-8-10-20)32(40(36,37)23-11-5-4-6-12-23)27(26(28)29(34)35)21-13-15-22(31)16-14-21/h4-6,11-16,20,24,26-28H,7-10,17-19H2,1-3H3,(H,34,35)/t24-,26+,27+,28-/m1/s1. The Labute approximate surface area is 246 Å². The van der Waals surface area contributed by atoms with Gasteiger partial charge in [-0.3, -0.25) is 9.59 Å². The highest BCUT2D eigenvalue weighted by atomic mass is 35.5. The van der Waals surface area contributed by atoms with Gasteiger partial charge in [-0.05, 0) is 62.9 Å². The van der Waals surface area contributed by atoms with Crippen molar-refractivity contribution in [3.8, 4) is 0 Å². The molecule has 10 heteroatoms. The zero-order valence-electron chi connectivity index (χ0n) is 23.2. The molecule has 2 aliphatic rings. The van der Waals surface area contributed by atoms with Gasteiger partial charge < -0.3 is 9.84 Å². The summed E-state index contributed by atoms with van der Waals surface area (Å²) in [5.41, 5.74) is -0.0350. The second-order valence-corrected chi connectivity index (χ2v) is 15.2. The lowest BCUT2D eigenvalue weighted by Crippen LogP contribution is -2.41. The quantitative estimate of drug-likeness (QED) is 0.305. The Hall–Kier alpha value is -2.07. The Kier molecular flexibility index (Phi) is 9.91. The number of carbonyl (C=O) groups excluding carboxylic acids is 1. The van der Waals surface area contributed by atoms with Crippen molar-refractivity contribution < 1.29 is 27.9 Å². The lowest BCUT2D eigenvalue weighted by atomic mass is 9.91. The topological polar surface area (TPSA) is 101 Å². The molecular formula is C30H38ClNO6S2. The summed E-state index contributed by atoms with van der Waals surface area (Å²) < 4.78 is 35.6. The molecule has 1 N–H and O–H groups in total. The van der Waals surface area contributed by atoms with Crippen molar-refractivity contribution in [2.45, 2.75) is 87.1 Å². The molecule has 2 aromatic carbocycles. The maximum Gasteiger partial charge on any atom is 0.309 e. The molecule has 40 heavy (non-hydrogen) atoms. The molecule has 0 spiro atoms. The van der Waals surface area contributed by atoms with E-state index in [1.54, 1.807) is 75.4 Å². The summed E-state index contributed by atoms with van der Waals surface area (Å²) in [4.78, 5) is 25.6. The Balaban J connectivity index is 1.78. The van der Waals surface area contributed by atoms with Crippen LogP contribution in [0.25, 0.3) is 0 Å². The Morgan fingerprint density at radius 1 is 1.05 bits per heavy atom. The largest absolute Gasteiger partial charge is 0.481 e. The van der Waals surface area contributed by atoms with Crippen LogP contribution in [0.3, 0.4) is 0 Å². The molecule has 1 saturated carbocycles. The summed E-state index contributed by atoms with van der Waals surface area (Å²) in [6.45, 7) is 5.41. The van der Waals surface area contributed by atoms with E-state index in [2.05, 4.69) is 0 Å². The minimum Gasteiger partial charge on any atom is -0.481 e. The predicted molar refractivity (Wildman–Crippen MR) is 158 cm³/mol. The lowest BCUT2D eigenvalue weighted by Gasteiger charge is -2.32. The molecule has 4 rings (SSSR count). The molecule has 0 bridgehead atoms. The molecule has 1 heterocycles. The van der Waals surface area contributed by atoms with Crippen molar-refractivity contribution in [3.63, 3.8) is 0 Å². The zero-order chi connectivity index (χ0) is 29.1. The third-order valence-corrected chi connectivity index (χ3v) is 11.2. The fourth-order valence-corrected chi connectivity index (χ4v) is 9.54. The van der Waals surface area contributed by atoms with Gasteiger partial charge in [-0.1, -0.05) is 67.6 Å². The highest BCUT2D eigenvalue weighted by molar-refractivity contribution is 8.00. The molecule has 1 aliphatic heterocycles. The number of hydrogen-bond acceptors (Lipinski definition) is 6. The molecular weight excluding hydrogens is 570 g/mol. The number of thioether (sulfide) groups is 1. The van der Waals surface area contributed by atoms with Gasteiger partial charge in [0.25, 0.3) is 0 Å². The summed E-state index contributed by atoms with van der Waals surface area (Å²) >= 11 is 7.53. The number of carboxylic acids is 1. The highest BCUT2D eigenvalue weighted by Crippen LogP contribution is 2.52. The van der Waals surface area contributed by atoms with E-state index in [4.69, 9.17) is 16.3 Å². The van der Waals surface area contributed by atoms with Crippen molar-refractivity contribution in [1.82, 2.24) is 4.31 Å². The minimum atomic E-state index is -4.07. The molecule has 2 aromatic rings. The van der Waals surface area contributed by atoms with Crippen LogP contribution in [0.15, 0.2) is 59.5 Å². The van der Waals surface area contributed by atoms with Gasteiger partial charge in [0.05, 0.1) is 23.3 Å². The average Bonchev–Trinajstić information content (AvgIpc) is 3.51. The monoisotopic (exact) mass is 607 g/mol. The van der Waals surface area contributed by atoms with E-state index in [0.29, 0.717) is 28.7 Å². The first-order valence-electron chi connectivity index (χ1n) is 13.8. The molecule has 1 aliphatic carbocycles. The van der Waals surface area contributed by atoms with Crippen molar-refractivity contribution in [3.05, 3.63) is 65.2 Å². The van der Waals surface area contributed by atoms with Gasteiger partial charge in [0.1, 0.15) is 5.60 Å². The van der Waals surface area contributed by atoms with Crippen LogP contribution in [0.5, 0.6) is 0 Å². The van der Waals surface area contributed by atoms with Gasteiger partial charge in [0.2, 0.25) is 10.0 Å². The number of ether oxygens (including phenoxy) is 1. The van der Waals surface area contributed by atoms with Crippen LogP contribution in [-0.2, 0) is 24.3 Å². The normalized spacial score (nSPS) is 24.3. The number of aliphatic carboxylic acids is 1. The van der Waals surface area contributed by atoms with Crippen molar-refractivity contribution >= 4 is 45.3 Å². The van der Waals surface area contributed by atoms with E-state index in [9.17, 15) is 23.1 Å². The van der Waals surface area contributed by atoms with Crippen molar-refractivity contribution in [2.75, 3.05) is 5.75 Å². The molecule has 0 aromatic heterocycles. The summed E-state index contributed by atoms with van der Waals surface area (Å²) in [5, 5.41) is 10.5. The van der Waals surface area contributed by atoms with Crippen LogP contribution in [0.4, 0.5) is 0 Å². The van der Waals surface area contributed by atoms with E-state index in [-0.39, 0.29) is 17.3 Å². The summed E-state index contributed by atoms with van der Waals surface area (Å²) in [6, 6.07) is 13.5. The number of carbonyl (C=O) groups is 2. The molecule has 7 nitrogen and oxygen atoms in total. The van der Waals surface area contributed by atoms with Gasteiger partial charge in [-0.15, -0.1) is 0 Å². The first-order chi connectivity index (χ1) is 18.9. The molecule has 4 atom stereocenters. The molecule has 0 radical (unpaired) electrons. The van der Waals surface area contributed by atoms with Crippen LogP contribution in [-0.4, -0.2) is 52.4 Å². The molecule has 0 unspecified atom stereocenters. The van der Waals surface area contributed by atoms with Gasteiger partial charge in [0, 0.05) is 22.1 Å². The summed E-state index contributed by atoms with van der Waals surface area (Å²) in [6.07, 6.45) is 4.84. The maximum atomic E-state index is 14.3. The molecule has 218 valence electrons. The number of nitrogens with zero attached hydrogens (tertiary/aromatic N) is 1. The number of esters is 1. The van der Waals surface area contributed by atoms with Gasteiger partial charge in [0.15, 0.2) is 0 Å². The van der Waals surface area contributed by atoms with Crippen molar-refractivity contribution in [1.29, 1.82) is 0 Å². The molecule has 2 fully saturated rings. The Bertz CT molecular complexity index is 1270. The van der Waals surface area contributed by atoms with Crippen LogP contribution < -0.4 is 0 Å². The van der Waals surface area contributed by atoms with Crippen LogP contribution in [0.2, 0.25) is 5.02 Å². The number of halogens is 1. The summed E-state index contributed by atoms with van der Waals surface area (Å²) in [5.74, 6) is -1.80. The minimum absolute atomic E-state index is 0.109. The first kappa shape index (κ1) is 30.9. The van der Waals surface area contributed by atoms with Gasteiger partial charge in [-0.25, -0.2) is 8.42 Å². The zero-order valence-corrected chi connectivity index (χ0v) is 25.6. The Morgan fingerprint density at radius 2 is 1.68 bits per heavy atom. The van der Waals surface area contributed by atoms with Crippen LogP contribution in [0, 0.1) is 11.8 Å². The fourth-order valence-electron chi connectivity index (χ4n) is 5.97. The van der Waals surface area contributed by atoms with E-state index in [1.165, 1.54) is 16.1 Å². The number of sulfonamides is 1. The van der Waals surface area contributed by atoms with E-state index in [1.807, 2.05) is 0 Å². The SMILES string of the molecule is CC(C)(C)OC(=O)CCS[C@H]1[C@@H](C(=O)O)[C@H](c2ccc(Cl)cc2)N(S(=O)(=O)c2ccccc2)[C@@H]1CC1CCCC1. The second kappa shape index (κ2) is 12.8. The van der Waals surface area contributed by atoms with E-state index >= 15 is 0 Å². The Morgan fingerprint density at radius 3 is 2.25 bits per heavy atom. The van der Waals surface area contributed by atoms with Crippen LogP contribution in [0.1, 0.15) is 70.9 Å². The number of hydrogen-bond donors (Lipinski definition) is 1. The second-order valence-electron chi connectivity index (χ2n) is 11.6. The van der Waals surface area contributed by atoms with E-state index < -0.39 is 44.8 Å². The highest BCUT2D eigenvalue weighted by Gasteiger charge is 2.57. The van der Waals surface area contributed by atoms with Gasteiger partial charge in [-0.2, -0.15) is 16.1 Å². The average molecular weight is 608 g/mol. The van der Waals surface area contributed by atoms with E-state index in [0.717, 1.165) is 25.7 Å². The third kappa shape index (κ3) is 7.22. The number of rotatable bonds is 10. The van der Waals surface area contributed by atoms with Gasteiger partial charge >= 0.3 is 11.9 Å². The predicted octanol–water partition coefficient (Wildman–Crippen LogP) is 6.57.